The van der Waals surface area contributed by atoms with E-state index < -0.39 is 0 Å². The minimum absolute atomic E-state index is 0.140. The van der Waals surface area contributed by atoms with E-state index in [0.717, 1.165) is 31.2 Å². The molecule has 2 fully saturated rings. The predicted molar refractivity (Wildman–Crippen MR) is 89.0 cm³/mol. The van der Waals surface area contributed by atoms with E-state index in [0.29, 0.717) is 12.5 Å². The molecule has 3 rings (SSSR count). The fourth-order valence-electron chi connectivity index (χ4n) is 3.17. The summed E-state index contributed by atoms with van der Waals surface area (Å²) in [4.78, 5) is 14.4. The zero-order valence-corrected chi connectivity index (χ0v) is 13.6. The number of nitrogens with one attached hydrogen (secondary N) is 2. The standard InChI is InChI=1S/C17H24ClN3O/c18-15-6-2-5-14(9-15)16-11-19-7-8-21(16)12-17(22)20-10-13-3-1-4-13/h2,5-6,9,13,16,19H,1,3-4,7-8,10-12H2,(H,20,22). The summed E-state index contributed by atoms with van der Waals surface area (Å²) in [6.45, 7) is 3.97. The number of nitrogens with zero attached hydrogens (tertiary/aromatic N) is 1. The van der Waals surface area contributed by atoms with E-state index in [4.69, 9.17) is 11.6 Å². The molecule has 2 aliphatic rings. The highest BCUT2D eigenvalue weighted by Gasteiger charge is 2.26. The maximum Gasteiger partial charge on any atom is 0.234 e. The first-order valence-corrected chi connectivity index (χ1v) is 8.57. The third-order valence-corrected chi connectivity index (χ3v) is 4.98. The molecular formula is C17H24ClN3O. The molecule has 1 aliphatic heterocycles. The fraction of sp³-hybridized carbons (Fsp3) is 0.588. The summed E-state index contributed by atoms with van der Waals surface area (Å²) < 4.78 is 0. The number of piperazine rings is 1. The molecule has 1 aromatic rings. The molecule has 0 aromatic heterocycles. The van der Waals surface area contributed by atoms with Crippen molar-refractivity contribution in [3.63, 3.8) is 0 Å². The van der Waals surface area contributed by atoms with Crippen molar-refractivity contribution in [1.29, 1.82) is 0 Å². The Morgan fingerprint density at radius 3 is 3.00 bits per heavy atom. The van der Waals surface area contributed by atoms with Gasteiger partial charge in [-0.2, -0.15) is 0 Å². The van der Waals surface area contributed by atoms with Crippen LogP contribution in [-0.2, 0) is 4.79 Å². The molecule has 1 amide bonds. The van der Waals surface area contributed by atoms with Crippen molar-refractivity contribution in [2.45, 2.75) is 25.3 Å². The van der Waals surface area contributed by atoms with Gasteiger partial charge in [0.2, 0.25) is 5.91 Å². The molecule has 5 heteroatoms. The first kappa shape index (κ1) is 15.8. The summed E-state index contributed by atoms with van der Waals surface area (Å²) in [6, 6.07) is 8.15. The van der Waals surface area contributed by atoms with Gasteiger partial charge in [0.05, 0.1) is 6.54 Å². The minimum atomic E-state index is 0.140. The molecule has 1 aliphatic carbocycles. The van der Waals surface area contributed by atoms with Crippen molar-refractivity contribution in [2.24, 2.45) is 5.92 Å². The molecule has 1 saturated heterocycles. The summed E-state index contributed by atoms with van der Waals surface area (Å²) in [6.07, 6.45) is 3.84. The van der Waals surface area contributed by atoms with Gasteiger partial charge in [0.25, 0.3) is 0 Å². The maximum absolute atomic E-state index is 12.2. The normalized spacial score (nSPS) is 23.0. The monoisotopic (exact) mass is 321 g/mol. The number of hydrogen-bond donors (Lipinski definition) is 2. The van der Waals surface area contributed by atoms with Crippen LogP contribution in [0.3, 0.4) is 0 Å². The molecule has 1 saturated carbocycles. The zero-order chi connectivity index (χ0) is 15.4. The van der Waals surface area contributed by atoms with Crippen LogP contribution in [0.15, 0.2) is 24.3 Å². The van der Waals surface area contributed by atoms with Crippen molar-refractivity contribution in [2.75, 3.05) is 32.7 Å². The van der Waals surface area contributed by atoms with Crippen LogP contribution in [0.4, 0.5) is 0 Å². The Labute approximate surface area is 137 Å². The molecule has 22 heavy (non-hydrogen) atoms. The Kier molecular flexibility index (Phi) is 5.34. The lowest BCUT2D eigenvalue weighted by Crippen LogP contribution is -2.50. The third-order valence-electron chi connectivity index (χ3n) is 4.75. The third kappa shape index (κ3) is 4.00. The van der Waals surface area contributed by atoms with E-state index in [1.54, 1.807) is 0 Å². The van der Waals surface area contributed by atoms with Crippen molar-refractivity contribution in [3.8, 4) is 0 Å². The SMILES string of the molecule is O=C(CN1CCNCC1c1cccc(Cl)c1)NCC1CCC1. The lowest BCUT2D eigenvalue weighted by atomic mass is 9.85. The van der Waals surface area contributed by atoms with Gasteiger partial charge in [0.1, 0.15) is 0 Å². The van der Waals surface area contributed by atoms with E-state index >= 15 is 0 Å². The first-order valence-electron chi connectivity index (χ1n) is 8.19. The Morgan fingerprint density at radius 1 is 1.41 bits per heavy atom. The molecule has 1 aromatic carbocycles. The van der Waals surface area contributed by atoms with Crippen molar-refractivity contribution in [1.82, 2.24) is 15.5 Å². The number of benzene rings is 1. The van der Waals surface area contributed by atoms with Crippen LogP contribution in [0.25, 0.3) is 0 Å². The first-order chi connectivity index (χ1) is 10.7. The van der Waals surface area contributed by atoms with Crippen LogP contribution in [0.1, 0.15) is 30.9 Å². The number of halogens is 1. The second-order valence-electron chi connectivity index (χ2n) is 6.35. The van der Waals surface area contributed by atoms with Crippen molar-refractivity contribution < 1.29 is 4.79 Å². The number of carbonyl (C=O) groups excluding carboxylic acids is 1. The average molecular weight is 322 g/mol. The predicted octanol–water partition coefficient (Wildman–Crippen LogP) is 2.20. The van der Waals surface area contributed by atoms with Gasteiger partial charge in [0.15, 0.2) is 0 Å². The van der Waals surface area contributed by atoms with Crippen LogP contribution in [-0.4, -0.2) is 43.5 Å². The second kappa shape index (κ2) is 7.44. The molecule has 4 nitrogen and oxygen atoms in total. The van der Waals surface area contributed by atoms with Crippen LogP contribution in [0.5, 0.6) is 0 Å². The minimum Gasteiger partial charge on any atom is -0.355 e. The van der Waals surface area contributed by atoms with Gasteiger partial charge in [0, 0.05) is 37.2 Å². The molecule has 0 radical (unpaired) electrons. The van der Waals surface area contributed by atoms with Gasteiger partial charge in [-0.3, -0.25) is 9.69 Å². The summed E-state index contributed by atoms with van der Waals surface area (Å²) in [5, 5.41) is 7.24. The second-order valence-corrected chi connectivity index (χ2v) is 6.78. The van der Waals surface area contributed by atoms with E-state index in [-0.39, 0.29) is 11.9 Å². The number of amides is 1. The highest BCUT2D eigenvalue weighted by atomic mass is 35.5. The molecule has 1 unspecified atom stereocenters. The molecule has 1 atom stereocenters. The summed E-state index contributed by atoms with van der Waals surface area (Å²) in [7, 11) is 0. The Hall–Kier alpha value is -1.10. The summed E-state index contributed by atoms with van der Waals surface area (Å²) >= 11 is 6.11. The summed E-state index contributed by atoms with van der Waals surface area (Å²) in [5.41, 5.74) is 1.17. The van der Waals surface area contributed by atoms with E-state index in [1.165, 1.54) is 24.8 Å². The fourth-order valence-corrected chi connectivity index (χ4v) is 3.37. The van der Waals surface area contributed by atoms with Crippen LogP contribution in [0, 0.1) is 5.92 Å². The van der Waals surface area contributed by atoms with Crippen molar-refractivity contribution >= 4 is 17.5 Å². The van der Waals surface area contributed by atoms with Crippen LogP contribution in [0.2, 0.25) is 5.02 Å². The zero-order valence-electron chi connectivity index (χ0n) is 12.9. The highest BCUT2D eigenvalue weighted by molar-refractivity contribution is 6.30. The van der Waals surface area contributed by atoms with Gasteiger partial charge < -0.3 is 10.6 Å². The number of carbonyl (C=O) groups is 1. The maximum atomic E-state index is 12.2. The number of hydrogen-bond acceptors (Lipinski definition) is 3. The van der Waals surface area contributed by atoms with E-state index in [1.807, 2.05) is 18.2 Å². The van der Waals surface area contributed by atoms with E-state index in [2.05, 4.69) is 21.6 Å². The molecule has 0 spiro atoms. The van der Waals surface area contributed by atoms with Gasteiger partial charge in [-0.05, 0) is 36.5 Å². The molecule has 120 valence electrons. The molecular weight excluding hydrogens is 298 g/mol. The Balaban J connectivity index is 1.58. The smallest absolute Gasteiger partial charge is 0.234 e. The quantitative estimate of drug-likeness (QED) is 0.874. The molecule has 2 N–H and O–H groups in total. The highest BCUT2D eigenvalue weighted by Crippen LogP contribution is 2.26. The summed E-state index contributed by atoms with van der Waals surface area (Å²) in [5.74, 6) is 0.844. The number of rotatable bonds is 5. The van der Waals surface area contributed by atoms with Crippen molar-refractivity contribution in [3.05, 3.63) is 34.9 Å². The lowest BCUT2D eigenvalue weighted by molar-refractivity contribution is -0.123. The van der Waals surface area contributed by atoms with E-state index in [9.17, 15) is 4.79 Å². The van der Waals surface area contributed by atoms with Gasteiger partial charge in [-0.25, -0.2) is 0 Å². The van der Waals surface area contributed by atoms with Gasteiger partial charge in [-0.15, -0.1) is 0 Å². The Bertz CT molecular complexity index is 518. The molecule has 0 bridgehead atoms. The Morgan fingerprint density at radius 2 is 2.27 bits per heavy atom. The van der Waals surface area contributed by atoms with Gasteiger partial charge >= 0.3 is 0 Å². The average Bonchev–Trinajstić information content (AvgIpc) is 2.46. The molecule has 1 heterocycles. The van der Waals surface area contributed by atoms with Gasteiger partial charge in [-0.1, -0.05) is 30.2 Å². The van der Waals surface area contributed by atoms with Crippen LogP contribution >= 0.6 is 11.6 Å². The van der Waals surface area contributed by atoms with Crippen LogP contribution < -0.4 is 10.6 Å². The lowest BCUT2D eigenvalue weighted by Gasteiger charge is -2.36. The largest absolute Gasteiger partial charge is 0.355 e. The topological polar surface area (TPSA) is 44.4 Å².